The summed E-state index contributed by atoms with van der Waals surface area (Å²) in [5, 5.41) is 6.78. The number of hydrogen-bond donors (Lipinski definition) is 1. The highest BCUT2D eigenvalue weighted by atomic mass is 16.5. The third-order valence-corrected chi connectivity index (χ3v) is 3.55. The Bertz CT molecular complexity index is 646. The molecule has 0 aliphatic carbocycles. The van der Waals surface area contributed by atoms with Crippen molar-refractivity contribution in [1.29, 1.82) is 0 Å². The largest absolute Gasteiger partial charge is 0.360 e. The molecule has 0 aromatic carbocycles. The van der Waals surface area contributed by atoms with Crippen LogP contribution in [0.15, 0.2) is 23.0 Å². The van der Waals surface area contributed by atoms with E-state index in [9.17, 15) is 4.79 Å². The predicted molar refractivity (Wildman–Crippen MR) is 80.0 cm³/mol. The van der Waals surface area contributed by atoms with Gasteiger partial charge in [0, 0.05) is 32.2 Å². The molecule has 116 valence electrons. The zero-order valence-electron chi connectivity index (χ0n) is 12.6. The standard InChI is InChI=1S/C14H18N6O2/c1-10-7-12(18-22-10)17-13-9-15-11(8-16-13)14(21)20-5-3-19(2)4-6-20/h7-9H,3-6H2,1-2H3,(H,16,17,18). The number of carbonyl (C=O) groups excluding carboxylic acids is 1. The molecule has 0 atom stereocenters. The molecule has 3 rings (SSSR count). The van der Waals surface area contributed by atoms with Gasteiger partial charge in [-0.15, -0.1) is 0 Å². The van der Waals surface area contributed by atoms with Crippen LogP contribution in [0.1, 0.15) is 16.2 Å². The first-order chi connectivity index (χ1) is 10.6. The van der Waals surface area contributed by atoms with Crippen molar-refractivity contribution >= 4 is 17.5 Å². The van der Waals surface area contributed by atoms with Crippen molar-refractivity contribution in [2.24, 2.45) is 0 Å². The van der Waals surface area contributed by atoms with Crippen molar-refractivity contribution in [3.63, 3.8) is 0 Å². The minimum atomic E-state index is -0.0792. The Morgan fingerprint density at radius 3 is 2.55 bits per heavy atom. The van der Waals surface area contributed by atoms with Gasteiger partial charge in [0.2, 0.25) is 0 Å². The summed E-state index contributed by atoms with van der Waals surface area (Å²) in [7, 11) is 2.05. The van der Waals surface area contributed by atoms with Crippen LogP contribution in [0.3, 0.4) is 0 Å². The van der Waals surface area contributed by atoms with Crippen molar-refractivity contribution in [1.82, 2.24) is 24.9 Å². The lowest BCUT2D eigenvalue weighted by molar-refractivity contribution is 0.0658. The van der Waals surface area contributed by atoms with Gasteiger partial charge in [-0.1, -0.05) is 5.16 Å². The molecule has 0 saturated carbocycles. The SMILES string of the molecule is Cc1cc(Nc2cnc(C(=O)N3CCN(C)CC3)cn2)no1. The van der Waals surface area contributed by atoms with E-state index < -0.39 is 0 Å². The lowest BCUT2D eigenvalue weighted by Gasteiger charge is -2.32. The van der Waals surface area contributed by atoms with Crippen molar-refractivity contribution in [2.75, 3.05) is 38.5 Å². The quantitative estimate of drug-likeness (QED) is 0.901. The Morgan fingerprint density at radius 1 is 1.18 bits per heavy atom. The van der Waals surface area contributed by atoms with Gasteiger partial charge in [-0.2, -0.15) is 0 Å². The normalized spacial score (nSPS) is 15.8. The molecule has 2 aromatic rings. The third-order valence-electron chi connectivity index (χ3n) is 3.55. The maximum absolute atomic E-state index is 12.3. The number of aromatic nitrogens is 3. The van der Waals surface area contributed by atoms with Crippen molar-refractivity contribution in [3.05, 3.63) is 29.9 Å². The van der Waals surface area contributed by atoms with Gasteiger partial charge in [0.05, 0.1) is 12.4 Å². The van der Waals surface area contributed by atoms with Crippen LogP contribution in [-0.4, -0.2) is 64.1 Å². The molecule has 0 spiro atoms. The molecule has 0 unspecified atom stereocenters. The molecule has 1 aliphatic rings. The lowest BCUT2D eigenvalue weighted by Crippen LogP contribution is -2.47. The van der Waals surface area contributed by atoms with Gasteiger partial charge in [-0.3, -0.25) is 4.79 Å². The Morgan fingerprint density at radius 2 is 1.95 bits per heavy atom. The van der Waals surface area contributed by atoms with Crippen LogP contribution in [-0.2, 0) is 0 Å². The smallest absolute Gasteiger partial charge is 0.274 e. The van der Waals surface area contributed by atoms with E-state index in [0.717, 1.165) is 26.2 Å². The molecule has 8 nitrogen and oxygen atoms in total. The number of amides is 1. The Labute approximate surface area is 128 Å². The Hall–Kier alpha value is -2.48. The highest BCUT2D eigenvalue weighted by molar-refractivity contribution is 5.92. The number of carbonyl (C=O) groups is 1. The van der Waals surface area contributed by atoms with Gasteiger partial charge < -0.3 is 19.6 Å². The zero-order chi connectivity index (χ0) is 15.5. The average Bonchev–Trinajstić information content (AvgIpc) is 2.93. The number of anilines is 2. The highest BCUT2D eigenvalue weighted by Gasteiger charge is 2.21. The van der Waals surface area contributed by atoms with Crippen LogP contribution in [0.2, 0.25) is 0 Å². The number of aryl methyl sites for hydroxylation is 1. The fourth-order valence-electron chi connectivity index (χ4n) is 2.23. The number of likely N-dealkylation sites (N-methyl/N-ethyl adjacent to an activating group) is 1. The number of nitrogens with one attached hydrogen (secondary N) is 1. The second kappa shape index (κ2) is 6.10. The fourth-order valence-corrected chi connectivity index (χ4v) is 2.23. The van der Waals surface area contributed by atoms with Crippen LogP contribution in [0, 0.1) is 6.92 Å². The highest BCUT2D eigenvalue weighted by Crippen LogP contribution is 2.13. The fraction of sp³-hybridized carbons (Fsp3) is 0.429. The molecule has 0 bridgehead atoms. The number of rotatable bonds is 3. The van der Waals surface area contributed by atoms with Gasteiger partial charge in [0.15, 0.2) is 5.82 Å². The molecular weight excluding hydrogens is 284 g/mol. The van der Waals surface area contributed by atoms with E-state index in [-0.39, 0.29) is 5.91 Å². The molecule has 1 fully saturated rings. The summed E-state index contributed by atoms with van der Waals surface area (Å²) in [6, 6.07) is 1.75. The van der Waals surface area contributed by atoms with Crippen LogP contribution >= 0.6 is 0 Å². The van der Waals surface area contributed by atoms with E-state index in [2.05, 4.69) is 25.3 Å². The Balaban J connectivity index is 1.64. The van der Waals surface area contributed by atoms with Crippen molar-refractivity contribution in [3.8, 4) is 0 Å². The summed E-state index contributed by atoms with van der Waals surface area (Å²) < 4.78 is 4.96. The molecule has 8 heteroatoms. The van der Waals surface area contributed by atoms with E-state index in [1.807, 2.05) is 14.0 Å². The first-order valence-electron chi connectivity index (χ1n) is 7.12. The third kappa shape index (κ3) is 3.22. The first-order valence-corrected chi connectivity index (χ1v) is 7.12. The summed E-state index contributed by atoms with van der Waals surface area (Å²) in [5.41, 5.74) is 0.353. The molecule has 22 heavy (non-hydrogen) atoms. The monoisotopic (exact) mass is 302 g/mol. The van der Waals surface area contributed by atoms with E-state index in [1.165, 1.54) is 12.4 Å². The van der Waals surface area contributed by atoms with Crippen molar-refractivity contribution < 1.29 is 9.32 Å². The number of piperazine rings is 1. The summed E-state index contributed by atoms with van der Waals surface area (Å²) in [4.78, 5) is 24.7. The van der Waals surface area contributed by atoms with Gasteiger partial charge in [0.1, 0.15) is 17.3 Å². The molecule has 1 saturated heterocycles. The first kappa shape index (κ1) is 14.5. The minimum Gasteiger partial charge on any atom is -0.360 e. The molecule has 1 N–H and O–H groups in total. The van der Waals surface area contributed by atoms with Gasteiger partial charge in [0.25, 0.3) is 5.91 Å². The predicted octanol–water partition coefficient (Wildman–Crippen LogP) is 0.904. The van der Waals surface area contributed by atoms with Crippen LogP contribution in [0.5, 0.6) is 0 Å². The summed E-state index contributed by atoms with van der Waals surface area (Å²) in [6.45, 7) is 5.00. The maximum Gasteiger partial charge on any atom is 0.274 e. The van der Waals surface area contributed by atoms with Crippen molar-refractivity contribution in [2.45, 2.75) is 6.92 Å². The van der Waals surface area contributed by atoms with Crippen LogP contribution in [0.4, 0.5) is 11.6 Å². The molecule has 1 amide bonds. The van der Waals surface area contributed by atoms with E-state index in [1.54, 1.807) is 11.0 Å². The molecule has 0 radical (unpaired) electrons. The van der Waals surface area contributed by atoms with E-state index >= 15 is 0 Å². The average molecular weight is 302 g/mol. The minimum absolute atomic E-state index is 0.0792. The van der Waals surface area contributed by atoms with Gasteiger partial charge in [-0.25, -0.2) is 9.97 Å². The van der Waals surface area contributed by atoms with Gasteiger partial charge in [-0.05, 0) is 14.0 Å². The van der Waals surface area contributed by atoms with E-state index in [4.69, 9.17) is 4.52 Å². The molecular formula is C14H18N6O2. The number of nitrogens with zero attached hydrogens (tertiary/aromatic N) is 5. The molecule has 1 aliphatic heterocycles. The summed E-state index contributed by atoms with van der Waals surface area (Å²) in [6.07, 6.45) is 3.00. The van der Waals surface area contributed by atoms with Crippen LogP contribution < -0.4 is 5.32 Å². The lowest BCUT2D eigenvalue weighted by atomic mass is 10.3. The summed E-state index contributed by atoms with van der Waals surface area (Å²) in [5.74, 6) is 1.70. The zero-order valence-corrected chi connectivity index (χ0v) is 12.6. The molecule has 3 heterocycles. The maximum atomic E-state index is 12.3. The molecule has 2 aromatic heterocycles. The second-order valence-electron chi connectivity index (χ2n) is 5.33. The van der Waals surface area contributed by atoms with Crippen LogP contribution in [0.25, 0.3) is 0 Å². The number of hydrogen-bond acceptors (Lipinski definition) is 7. The van der Waals surface area contributed by atoms with Gasteiger partial charge >= 0.3 is 0 Å². The summed E-state index contributed by atoms with van der Waals surface area (Å²) >= 11 is 0. The second-order valence-corrected chi connectivity index (χ2v) is 5.33. The Kier molecular flexibility index (Phi) is 4.01. The topological polar surface area (TPSA) is 87.4 Å². The van der Waals surface area contributed by atoms with E-state index in [0.29, 0.717) is 23.1 Å².